The number of carboxylic acids is 1. The minimum atomic E-state index is -0.861. The van der Waals surface area contributed by atoms with Crippen molar-refractivity contribution >= 4 is 11.7 Å². The standard InChI is InChI=1S/C14H14N2O3/c17-14(18)12-3-1-5-13-11(12)4-2-7-16(13)9-10-6-8-19-15-10/h1,3,5-6,8H,2,4,7,9H2,(H,17,18). The van der Waals surface area contributed by atoms with E-state index in [0.29, 0.717) is 12.1 Å². The summed E-state index contributed by atoms with van der Waals surface area (Å²) in [6, 6.07) is 7.26. The zero-order valence-electron chi connectivity index (χ0n) is 10.4. The molecule has 0 radical (unpaired) electrons. The molecule has 1 aliphatic heterocycles. The van der Waals surface area contributed by atoms with Gasteiger partial charge >= 0.3 is 5.97 Å². The highest BCUT2D eigenvalue weighted by Gasteiger charge is 2.22. The lowest BCUT2D eigenvalue weighted by Crippen LogP contribution is -2.30. The fourth-order valence-corrected chi connectivity index (χ4v) is 2.58. The molecule has 0 bridgehead atoms. The molecular weight excluding hydrogens is 244 g/mol. The van der Waals surface area contributed by atoms with Gasteiger partial charge in [-0.25, -0.2) is 4.79 Å². The summed E-state index contributed by atoms with van der Waals surface area (Å²) in [5.74, 6) is -0.861. The van der Waals surface area contributed by atoms with Gasteiger partial charge in [0.1, 0.15) is 12.0 Å². The van der Waals surface area contributed by atoms with Gasteiger partial charge < -0.3 is 14.5 Å². The van der Waals surface area contributed by atoms with Crippen molar-refractivity contribution in [3.8, 4) is 0 Å². The Morgan fingerprint density at radius 3 is 3.05 bits per heavy atom. The number of anilines is 1. The molecule has 3 rings (SSSR count). The lowest BCUT2D eigenvalue weighted by molar-refractivity contribution is 0.0695. The van der Waals surface area contributed by atoms with Crippen molar-refractivity contribution in [3.63, 3.8) is 0 Å². The average Bonchev–Trinajstić information content (AvgIpc) is 2.91. The first-order chi connectivity index (χ1) is 9.25. The third kappa shape index (κ3) is 2.19. The molecule has 19 heavy (non-hydrogen) atoms. The van der Waals surface area contributed by atoms with Gasteiger partial charge in [0, 0.05) is 18.3 Å². The van der Waals surface area contributed by atoms with Crippen LogP contribution in [0.1, 0.15) is 28.0 Å². The molecule has 0 unspecified atom stereocenters. The second-order valence-corrected chi connectivity index (χ2v) is 4.62. The minimum absolute atomic E-state index is 0.405. The quantitative estimate of drug-likeness (QED) is 0.915. The van der Waals surface area contributed by atoms with Crippen molar-refractivity contribution in [1.29, 1.82) is 0 Å². The van der Waals surface area contributed by atoms with Crippen LogP contribution in [0.3, 0.4) is 0 Å². The van der Waals surface area contributed by atoms with Crippen molar-refractivity contribution < 1.29 is 14.4 Å². The van der Waals surface area contributed by atoms with E-state index in [4.69, 9.17) is 4.52 Å². The Kier molecular flexibility index (Phi) is 2.95. The van der Waals surface area contributed by atoms with Crippen molar-refractivity contribution in [1.82, 2.24) is 5.16 Å². The van der Waals surface area contributed by atoms with Gasteiger partial charge in [-0.1, -0.05) is 11.2 Å². The molecule has 98 valence electrons. The molecule has 1 aliphatic rings. The second kappa shape index (κ2) is 4.76. The third-order valence-electron chi connectivity index (χ3n) is 3.42. The van der Waals surface area contributed by atoms with Crippen LogP contribution in [0.2, 0.25) is 0 Å². The van der Waals surface area contributed by atoms with Crippen molar-refractivity contribution in [2.24, 2.45) is 0 Å². The van der Waals surface area contributed by atoms with E-state index in [1.54, 1.807) is 18.4 Å². The number of fused-ring (bicyclic) bond motifs is 1. The minimum Gasteiger partial charge on any atom is -0.478 e. The van der Waals surface area contributed by atoms with Crippen LogP contribution in [0.4, 0.5) is 5.69 Å². The zero-order chi connectivity index (χ0) is 13.2. The molecule has 1 aromatic carbocycles. The number of aromatic carboxylic acids is 1. The highest BCUT2D eigenvalue weighted by atomic mass is 16.5. The fraction of sp³-hybridized carbons (Fsp3) is 0.286. The van der Waals surface area contributed by atoms with Crippen molar-refractivity contribution in [2.75, 3.05) is 11.4 Å². The molecule has 1 N–H and O–H groups in total. The number of hydrogen-bond acceptors (Lipinski definition) is 4. The number of hydrogen-bond donors (Lipinski definition) is 1. The van der Waals surface area contributed by atoms with Crippen LogP contribution in [-0.2, 0) is 13.0 Å². The van der Waals surface area contributed by atoms with E-state index in [9.17, 15) is 9.90 Å². The Balaban J connectivity index is 1.96. The number of carbonyl (C=O) groups is 1. The van der Waals surface area contributed by atoms with E-state index in [2.05, 4.69) is 10.1 Å². The zero-order valence-corrected chi connectivity index (χ0v) is 10.4. The maximum atomic E-state index is 11.3. The second-order valence-electron chi connectivity index (χ2n) is 4.62. The summed E-state index contributed by atoms with van der Waals surface area (Å²) < 4.78 is 4.84. The average molecular weight is 258 g/mol. The summed E-state index contributed by atoms with van der Waals surface area (Å²) >= 11 is 0. The van der Waals surface area contributed by atoms with E-state index in [0.717, 1.165) is 36.3 Å². The largest absolute Gasteiger partial charge is 0.478 e. The van der Waals surface area contributed by atoms with E-state index >= 15 is 0 Å². The maximum Gasteiger partial charge on any atom is 0.336 e. The highest BCUT2D eigenvalue weighted by Crippen LogP contribution is 2.30. The van der Waals surface area contributed by atoms with Gasteiger partial charge in [-0.15, -0.1) is 0 Å². The van der Waals surface area contributed by atoms with Gasteiger partial charge in [0.15, 0.2) is 0 Å². The molecule has 2 aromatic rings. The number of benzene rings is 1. The monoisotopic (exact) mass is 258 g/mol. The third-order valence-corrected chi connectivity index (χ3v) is 3.42. The van der Waals surface area contributed by atoms with Gasteiger partial charge in [0.05, 0.1) is 12.1 Å². The summed E-state index contributed by atoms with van der Waals surface area (Å²) in [5, 5.41) is 13.1. The Morgan fingerprint density at radius 1 is 1.42 bits per heavy atom. The normalized spacial score (nSPS) is 14.2. The molecule has 0 atom stereocenters. The van der Waals surface area contributed by atoms with Crippen LogP contribution >= 0.6 is 0 Å². The first-order valence-electron chi connectivity index (χ1n) is 6.25. The predicted molar refractivity (Wildman–Crippen MR) is 69.3 cm³/mol. The molecule has 0 spiro atoms. The van der Waals surface area contributed by atoms with Gasteiger partial charge in [-0.3, -0.25) is 0 Å². The summed E-state index contributed by atoms with van der Waals surface area (Å²) in [5.41, 5.74) is 3.18. The fourth-order valence-electron chi connectivity index (χ4n) is 2.58. The smallest absolute Gasteiger partial charge is 0.336 e. The molecule has 0 aliphatic carbocycles. The lowest BCUT2D eigenvalue weighted by Gasteiger charge is -2.31. The maximum absolute atomic E-state index is 11.3. The topological polar surface area (TPSA) is 66.6 Å². The van der Waals surface area contributed by atoms with E-state index in [1.165, 1.54) is 0 Å². The van der Waals surface area contributed by atoms with Crippen LogP contribution in [0.15, 0.2) is 35.1 Å². The lowest BCUT2D eigenvalue weighted by atomic mass is 9.96. The van der Waals surface area contributed by atoms with Crippen LogP contribution in [0, 0.1) is 0 Å². The summed E-state index contributed by atoms with van der Waals surface area (Å²) in [4.78, 5) is 13.4. The van der Waals surface area contributed by atoms with E-state index in [-0.39, 0.29) is 0 Å². The molecular formula is C14H14N2O3. The number of aromatic nitrogens is 1. The van der Waals surface area contributed by atoms with Gasteiger partial charge in [0.2, 0.25) is 0 Å². The molecule has 5 nitrogen and oxygen atoms in total. The molecule has 0 fully saturated rings. The molecule has 0 saturated carbocycles. The molecule has 0 saturated heterocycles. The molecule has 1 aromatic heterocycles. The Morgan fingerprint density at radius 2 is 2.32 bits per heavy atom. The molecule has 2 heterocycles. The van der Waals surface area contributed by atoms with E-state index in [1.807, 2.05) is 12.1 Å². The molecule has 0 amide bonds. The number of rotatable bonds is 3. The number of nitrogens with zero attached hydrogens (tertiary/aromatic N) is 2. The summed E-state index contributed by atoms with van der Waals surface area (Å²) in [6.07, 6.45) is 3.32. The van der Waals surface area contributed by atoms with Gasteiger partial charge in [-0.05, 0) is 30.5 Å². The van der Waals surface area contributed by atoms with E-state index < -0.39 is 5.97 Å². The van der Waals surface area contributed by atoms with Gasteiger partial charge in [-0.2, -0.15) is 0 Å². The molecule has 5 heteroatoms. The summed E-state index contributed by atoms with van der Waals surface area (Å²) in [7, 11) is 0. The van der Waals surface area contributed by atoms with Crippen molar-refractivity contribution in [3.05, 3.63) is 47.3 Å². The van der Waals surface area contributed by atoms with Gasteiger partial charge in [0.25, 0.3) is 0 Å². The Bertz CT molecular complexity index is 593. The summed E-state index contributed by atoms with van der Waals surface area (Å²) in [6.45, 7) is 1.55. The highest BCUT2D eigenvalue weighted by molar-refractivity contribution is 5.91. The van der Waals surface area contributed by atoms with Crippen LogP contribution in [0.5, 0.6) is 0 Å². The first kappa shape index (κ1) is 11.8. The first-order valence-corrected chi connectivity index (χ1v) is 6.25. The Hall–Kier alpha value is -2.30. The van der Waals surface area contributed by atoms with Crippen LogP contribution in [0.25, 0.3) is 0 Å². The number of carboxylic acid groups (broad SMARTS) is 1. The van der Waals surface area contributed by atoms with Crippen molar-refractivity contribution in [2.45, 2.75) is 19.4 Å². The Labute approximate surface area is 110 Å². The van der Waals surface area contributed by atoms with Crippen LogP contribution < -0.4 is 4.90 Å². The predicted octanol–water partition coefficient (Wildman–Crippen LogP) is 2.33. The SMILES string of the molecule is O=C(O)c1cccc2c1CCCN2Cc1ccon1. The van der Waals surface area contributed by atoms with Crippen LogP contribution in [-0.4, -0.2) is 22.8 Å².